The molecule has 0 amide bonds. The second kappa shape index (κ2) is 10.4. The highest BCUT2D eigenvalue weighted by Gasteiger charge is 2.09. The van der Waals surface area contributed by atoms with E-state index in [1.165, 1.54) is 25.7 Å². The highest BCUT2D eigenvalue weighted by atomic mass is 16.5. The van der Waals surface area contributed by atoms with Gasteiger partial charge in [-0.05, 0) is 45.1 Å². The molecule has 15 heavy (non-hydrogen) atoms. The lowest BCUT2D eigenvalue weighted by Gasteiger charge is -2.20. The first-order valence-corrected chi connectivity index (χ1v) is 6.51. The predicted molar refractivity (Wildman–Crippen MR) is 67.3 cm³/mol. The molecule has 0 fully saturated rings. The van der Waals surface area contributed by atoms with Gasteiger partial charge in [-0.25, -0.2) is 0 Å². The first-order chi connectivity index (χ1) is 7.20. The van der Waals surface area contributed by atoms with E-state index in [1.54, 1.807) is 0 Å². The van der Waals surface area contributed by atoms with E-state index in [0.717, 1.165) is 25.7 Å². The molecular weight excluding hydrogens is 186 g/mol. The number of hydrogen-bond donors (Lipinski definition) is 1. The molecule has 1 atom stereocenters. The van der Waals surface area contributed by atoms with E-state index in [1.807, 2.05) is 0 Å². The van der Waals surface area contributed by atoms with Crippen molar-refractivity contribution < 1.29 is 4.74 Å². The summed E-state index contributed by atoms with van der Waals surface area (Å²) in [7, 11) is 0. The molecule has 0 bridgehead atoms. The first-order valence-electron chi connectivity index (χ1n) is 6.51. The van der Waals surface area contributed by atoms with Crippen molar-refractivity contribution in [1.29, 1.82) is 0 Å². The monoisotopic (exact) mass is 215 g/mol. The Hall–Kier alpha value is -0.0800. The Bertz CT molecular complexity index is 126. The standard InChI is InChI=1S/C13H29NO/c1-5-9-14-13(11-12(3)4)8-7-10-15-6-2/h12-14H,5-11H2,1-4H3. The fourth-order valence-electron chi connectivity index (χ4n) is 1.80. The SMILES string of the molecule is CCCNC(CCCOCC)CC(C)C. The molecule has 0 saturated carbocycles. The van der Waals surface area contributed by atoms with Gasteiger partial charge in [0, 0.05) is 19.3 Å². The minimum Gasteiger partial charge on any atom is -0.382 e. The number of ether oxygens (including phenoxy) is 1. The van der Waals surface area contributed by atoms with Crippen molar-refractivity contribution in [2.75, 3.05) is 19.8 Å². The highest BCUT2D eigenvalue weighted by Crippen LogP contribution is 2.10. The molecule has 0 aliphatic carbocycles. The van der Waals surface area contributed by atoms with Crippen molar-refractivity contribution in [1.82, 2.24) is 5.32 Å². The van der Waals surface area contributed by atoms with Crippen molar-refractivity contribution in [3.63, 3.8) is 0 Å². The largest absolute Gasteiger partial charge is 0.382 e. The van der Waals surface area contributed by atoms with E-state index in [9.17, 15) is 0 Å². The van der Waals surface area contributed by atoms with Crippen LogP contribution in [0.3, 0.4) is 0 Å². The van der Waals surface area contributed by atoms with Crippen molar-refractivity contribution in [3.05, 3.63) is 0 Å². The van der Waals surface area contributed by atoms with Gasteiger partial charge in [0.05, 0.1) is 0 Å². The average Bonchev–Trinajstić information content (AvgIpc) is 2.19. The fraction of sp³-hybridized carbons (Fsp3) is 1.00. The molecule has 0 heterocycles. The minimum atomic E-state index is 0.686. The molecular formula is C13H29NO. The van der Waals surface area contributed by atoms with Gasteiger partial charge in [-0.1, -0.05) is 20.8 Å². The van der Waals surface area contributed by atoms with Crippen LogP contribution in [0.2, 0.25) is 0 Å². The molecule has 0 saturated heterocycles. The Morgan fingerprint density at radius 2 is 1.93 bits per heavy atom. The third-order valence-electron chi connectivity index (χ3n) is 2.48. The van der Waals surface area contributed by atoms with E-state index < -0.39 is 0 Å². The van der Waals surface area contributed by atoms with Gasteiger partial charge in [-0.2, -0.15) is 0 Å². The van der Waals surface area contributed by atoms with Crippen LogP contribution in [0.15, 0.2) is 0 Å². The molecule has 2 heteroatoms. The molecule has 0 aromatic rings. The van der Waals surface area contributed by atoms with Gasteiger partial charge in [0.2, 0.25) is 0 Å². The van der Waals surface area contributed by atoms with Crippen molar-refractivity contribution >= 4 is 0 Å². The topological polar surface area (TPSA) is 21.3 Å². The molecule has 1 unspecified atom stereocenters. The molecule has 0 radical (unpaired) electrons. The lowest BCUT2D eigenvalue weighted by atomic mass is 10.00. The smallest absolute Gasteiger partial charge is 0.0466 e. The van der Waals surface area contributed by atoms with Crippen LogP contribution < -0.4 is 5.32 Å². The summed E-state index contributed by atoms with van der Waals surface area (Å²) in [6.45, 7) is 11.8. The first kappa shape index (κ1) is 14.9. The molecule has 2 nitrogen and oxygen atoms in total. The van der Waals surface area contributed by atoms with Crippen molar-refractivity contribution in [2.45, 2.75) is 59.4 Å². The zero-order valence-electron chi connectivity index (χ0n) is 11.0. The lowest BCUT2D eigenvalue weighted by molar-refractivity contribution is 0.140. The van der Waals surface area contributed by atoms with Gasteiger partial charge in [0.15, 0.2) is 0 Å². The number of hydrogen-bond acceptors (Lipinski definition) is 2. The zero-order chi connectivity index (χ0) is 11.5. The molecule has 0 rings (SSSR count). The van der Waals surface area contributed by atoms with E-state index in [4.69, 9.17) is 4.74 Å². The van der Waals surface area contributed by atoms with Crippen LogP contribution in [0.1, 0.15) is 53.4 Å². The van der Waals surface area contributed by atoms with E-state index in [2.05, 4.69) is 33.0 Å². The summed E-state index contributed by atoms with van der Waals surface area (Å²) in [5.41, 5.74) is 0. The van der Waals surface area contributed by atoms with Gasteiger partial charge in [-0.3, -0.25) is 0 Å². The molecule has 0 aromatic heterocycles. The number of rotatable bonds is 10. The maximum Gasteiger partial charge on any atom is 0.0466 e. The minimum absolute atomic E-state index is 0.686. The highest BCUT2D eigenvalue weighted by molar-refractivity contribution is 4.68. The molecule has 0 aliphatic heterocycles. The maximum atomic E-state index is 5.37. The maximum absolute atomic E-state index is 5.37. The Morgan fingerprint density at radius 3 is 2.47 bits per heavy atom. The van der Waals surface area contributed by atoms with Crippen LogP contribution >= 0.6 is 0 Å². The summed E-state index contributed by atoms with van der Waals surface area (Å²) in [6, 6.07) is 0.686. The second-order valence-corrected chi connectivity index (χ2v) is 4.62. The quantitative estimate of drug-likeness (QED) is 0.565. The Labute approximate surface area is 95.8 Å². The fourth-order valence-corrected chi connectivity index (χ4v) is 1.80. The molecule has 0 spiro atoms. The summed E-state index contributed by atoms with van der Waals surface area (Å²) in [4.78, 5) is 0. The molecule has 0 aliphatic rings. The summed E-state index contributed by atoms with van der Waals surface area (Å²) >= 11 is 0. The summed E-state index contributed by atoms with van der Waals surface area (Å²) in [5, 5.41) is 3.62. The normalized spacial score (nSPS) is 13.4. The van der Waals surface area contributed by atoms with Crippen molar-refractivity contribution in [2.24, 2.45) is 5.92 Å². The molecule has 92 valence electrons. The number of nitrogens with one attached hydrogen (secondary N) is 1. The van der Waals surface area contributed by atoms with Crippen LogP contribution in [0.4, 0.5) is 0 Å². The molecule has 1 N–H and O–H groups in total. The van der Waals surface area contributed by atoms with Crippen LogP contribution in [0.5, 0.6) is 0 Å². The van der Waals surface area contributed by atoms with Gasteiger partial charge in [0.1, 0.15) is 0 Å². The Morgan fingerprint density at radius 1 is 1.20 bits per heavy atom. The van der Waals surface area contributed by atoms with Gasteiger partial charge < -0.3 is 10.1 Å². The van der Waals surface area contributed by atoms with Gasteiger partial charge in [0.25, 0.3) is 0 Å². The predicted octanol–water partition coefficient (Wildman–Crippen LogP) is 3.22. The second-order valence-electron chi connectivity index (χ2n) is 4.62. The summed E-state index contributed by atoms with van der Waals surface area (Å²) < 4.78 is 5.37. The summed E-state index contributed by atoms with van der Waals surface area (Å²) in [6.07, 6.45) is 4.94. The Balaban J connectivity index is 3.59. The van der Waals surface area contributed by atoms with Crippen LogP contribution in [-0.2, 0) is 4.74 Å². The third kappa shape index (κ3) is 10.2. The molecule has 0 aromatic carbocycles. The van der Waals surface area contributed by atoms with Crippen molar-refractivity contribution in [3.8, 4) is 0 Å². The zero-order valence-corrected chi connectivity index (χ0v) is 11.0. The van der Waals surface area contributed by atoms with E-state index >= 15 is 0 Å². The van der Waals surface area contributed by atoms with Crippen LogP contribution in [-0.4, -0.2) is 25.8 Å². The Kier molecular flexibility index (Phi) is 10.4. The average molecular weight is 215 g/mol. The third-order valence-corrected chi connectivity index (χ3v) is 2.48. The van der Waals surface area contributed by atoms with E-state index in [-0.39, 0.29) is 0 Å². The van der Waals surface area contributed by atoms with E-state index in [0.29, 0.717) is 6.04 Å². The lowest BCUT2D eigenvalue weighted by Crippen LogP contribution is -2.31. The van der Waals surface area contributed by atoms with Crippen LogP contribution in [0, 0.1) is 5.92 Å². The van der Waals surface area contributed by atoms with Crippen LogP contribution in [0.25, 0.3) is 0 Å². The summed E-state index contributed by atoms with van der Waals surface area (Å²) in [5.74, 6) is 0.784. The van der Waals surface area contributed by atoms with Gasteiger partial charge >= 0.3 is 0 Å². The van der Waals surface area contributed by atoms with Gasteiger partial charge in [-0.15, -0.1) is 0 Å².